The van der Waals surface area contributed by atoms with Crippen molar-refractivity contribution in [1.82, 2.24) is 5.32 Å². The standard InChI is InChI=1S/C50H97NO12S/c1-3-5-7-9-11-13-15-17-19-21-22-23-25-27-29-31-33-35-37-39-44(54)49(57)51-42(41-61-50-47(56)48(63-64(58,59)60)46(55)45(40-52)62-50)43(53)38-36-34-32-30-28-26-24-20-18-16-14-12-10-8-6-4-2/h36,38,42-48,50,52-56H,3-35,37,39-41H2,1-2H3,(H,51,57)(H,58,59,60)/b38-36+. The highest BCUT2D eigenvalue weighted by molar-refractivity contribution is 7.80. The molecule has 1 heterocycles. The van der Waals surface area contributed by atoms with Crippen molar-refractivity contribution in [2.24, 2.45) is 0 Å². The minimum Gasteiger partial charge on any atom is -0.394 e. The number of amides is 1. The summed E-state index contributed by atoms with van der Waals surface area (Å²) in [5, 5.41) is 55.4. The molecule has 14 heteroatoms. The zero-order valence-electron chi connectivity index (χ0n) is 40.5. The van der Waals surface area contributed by atoms with Crippen LogP contribution in [0.5, 0.6) is 0 Å². The molecule has 13 nitrogen and oxygen atoms in total. The summed E-state index contributed by atoms with van der Waals surface area (Å²) >= 11 is 0. The molecule has 7 N–H and O–H groups in total. The second-order valence-corrected chi connectivity index (χ2v) is 19.7. The first-order chi connectivity index (χ1) is 30.9. The van der Waals surface area contributed by atoms with Crippen LogP contribution in [0.2, 0.25) is 0 Å². The third-order valence-corrected chi connectivity index (χ3v) is 13.1. The van der Waals surface area contributed by atoms with Crippen LogP contribution in [0, 0.1) is 0 Å². The Morgan fingerprint density at radius 2 is 1.02 bits per heavy atom. The maximum absolute atomic E-state index is 13.2. The van der Waals surface area contributed by atoms with E-state index in [1.165, 1.54) is 167 Å². The van der Waals surface area contributed by atoms with Gasteiger partial charge in [0.25, 0.3) is 0 Å². The van der Waals surface area contributed by atoms with Crippen molar-refractivity contribution in [1.29, 1.82) is 0 Å². The van der Waals surface area contributed by atoms with Crippen LogP contribution in [0.25, 0.3) is 0 Å². The lowest BCUT2D eigenvalue weighted by Gasteiger charge is -2.41. The SMILES string of the molecule is CCCCCCCCCCCCCCCC/C=C/C(O)C(COC1OC(CO)C(O)C(OS(=O)(=O)O)C1O)NC(=O)C(O)CCCCCCCCCCCCCCCCCCCCC. The van der Waals surface area contributed by atoms with E-state index in [-0.39, 0.29) is 6.42 Å². The lowest BCUT2D eigenvalue weighted by molar-refractivity contribution is -0.298. The van der Waals surface area contributed by atoms with Crippen molar-refractivity contribution < 1.29 is 57.0 Å². The van der Waals surface area contributed by atoms with Gasteiger partial charge in [0.15, 0.2) is 6.29 Å². The van der Waals surface area contributed by atoms with Crippen molar-refractivity contribution in [3.8, 4) is 0 Å². The van der Waals surface area contributed by atoms with Crippen LogP contribution in [0.4, 0.5) is 0 Å². The van der Waals surface area contributed by atoms with Gasteiger partial charge in [-0.15, -0.1) is 0 Å². The maximum Gasteiger partial charge on any atom is 0.397 e. The summed E-state index contributed by atoms with van der Waals surface area (Å²) in [5.41, 5.74) is 0. The van der Waals surface area contributed by atoms with Crippen LogP contribution < -0.4 is 5.32 Å². The molecule has 8 unspecified atom stereocenters. The van der Waals surface area contributed by atoms with Gasteiger partial charge in [-0.3, -0.25) is 9.35 Å². The van der Waals surface area contributed by atoms with Crippen molar-refractivity contribution in [3.05, 3.63) is 12.2 Å². The second-order valence-electron chi connectivity index (χ2n) is 18.6. The molecule has 0 aromatic carbocycles. The highest BCUT2D eigenvalue weighted by Gasteiger charge is 2.48. The Balaban J connectivity index is 2.49. The molecule has 0 aromatic rings. The first-order valence-electron chi connectivity index (χ1n) is 26.2. The van der Waals surface area contributed by atoms with Crippen molar-refractivity contribution in [2.45, 2.75) is 288 Å². The molecule has 64 heavy (non-hydrogen) atoms. The number of unbranched alkanes of at least 4 members (excludes halogenated alkanes) is 32. The molecule has 8 atom stereocenters. The van der Waals surface area contributed by atoms with Gasteiger partial charge in [0.05, 0.1) is 25.4 Å². The summed E-state index contributed by atoms with van der Waals surface area (Å²) in [4.78, 5) is 13.2. The van der Waals surface area contributed by atoms with E-state index < -0.39 is 78.5 Å². The minimum atomic E-state index is -5.12. The fourth-order valence-corrected chi connectivity index (χ4v) is 9.03. The highest BCUT2D eigenvalue weighted by Crippen LogP contribution is 2.26. The number of carbonyl (C=O) groups is 1. The summed E-state index contributed by atoms with van der Waals surface area (Å²) in [5.74, 6) is -0.697. The molecular formula is C50H97NO12S. The molecule has 0 aliphatic carbocycles. The monoisotopic (exact) mass is 936 g/mol. The van der Waals surface area contributed by atoms with E-state index in [0.717, 1.165) is 38.5 Å². The van der Waals surface area contributed by atoms with Gasteiger partial charge in [-0.2, -0.15) is 8.42 Å². The molecule has 0 bridgehead atoms. The van der Waals surface area contributed by atoms with Crippen molar-refractivity contribution in [2.75, 3.05) is 13.2 Å². The summed E-state index contributed by atoms with van der Waals surface area (Å²) in [7, 11) is -5.12. The van der Waals surface area contributed by atoms with Gasteiger partial charge in [-0.25, -0.2) is 4.18 Å². The number of hydrogen-bond donors (Lipinski definition) is 7. The zero-order chi connectivity index (χ0) is 47.1. The molecular weight excluding hydrogens is 839 g/mol. The van der Waals surface area contributed by atoms with E-state index in [4.69, 9.17) is 9.47 Å². The molecule has 1 aliphatic rings. The van der Waals surface area contributed by atoms with Gasteiger partial charge in [-0.05, 0) is 19.3 Å². The zero-order valence-corrected chi connectivity index (χ0v) is 41.3. The molecule has 0 saturated carbocycles. The van der Waals surface area contributed by atoms with Crippen molar-refractivity contribution >= 4 is 16.3 Å². The Hall–Kier alpha value is -1.20. The molecule has 380 valence electrons. The van der Waals surface area contributed by atoms with Gasteiger partial charge in [0.1, 0.15) is 30.5 Å². The maximum atomic E-state index is 13.2. The topological polar surface area (TPSA) is 212 Å². The average molecular weight is 936 g/mol. The molecule has 0 aromatic heterocycles. The summed E-state index contributed by atoms with van der Waals surface area (Å²) in [6.45, 7) is 3.25. The molecule has 0 spiro atoms. The average Bonchev–Trinajstić information content (AvgIpc) is 3.27. The third kappa shape index (κ3) is 32.5. The first kappa shape index (κ1) is 60.8. The third-order valence-electron chi connectivity index (χ3n) is 12.7. The predicted molar refractivity (Wildman–Crippen MR) is 256 cm³/mol. The number of aliphatic hydroxyl groups excluding tert-OH is 5. The molecule has 1 amide bonds. The van der Waals surface area contributed by atoms with E-state index in [1.807, 2.05) is 6.08 Å². The van der Waals surface area contributed by atoms with Gasteiger partial charge in [0, 0.05) is 0 Å². The number of aliphatic hydroxyl groups is 5. The normalized spacial score (nSPS) is 20.8. The van der Waals surface area contributed by atoms with E-state index in [1.54, 1.807) is 6.08 Å². The number of nitrogens with one attached hydrogen (secondary N) is 1. The quantitative estimate of drug-likeness (QED) is 0.0173. The molecule has 1 rings (SSSR count). The van der Waals surface area contributed by atoms with E-state index in [2.05, 4.69) is 23.3 Å². The lowest BCUT2D eigenvalue weighted by Crippen LogP contribution is -2.61. The van der Waals surface area contributed by atoms with Crippen molar-refractivity contribution in [3.63, 3.8) is 0 Å². The van der Waals surface area contributed by atoms with Gasteiger partial charge in [0.2, 0.25) is 5.91 Å². The van der Waals surface area contributed by atoms with Crippen LogP contribution in [0.15, 0.2) is 12.2 Å². The Bertz CT molecular complexity index is 1210. The Morgan fingerprint density at radius 1 is 0.625 bits per heavy atom. The van der Waals surface area contributed by atoms with Crippen LogP contribution in [0.1, 0.15) is 239 Å². The molecule has 1 fully saturated rings. The van der Waals surface area contributed by atoms with Gasteiger partial charge in [-0.1, -0.05) is 231 Å². The summed E-state index contributed by atoms with van der Waals surface area (Å²) in [6.07, 6.45) is 34.3. The van der Waals surface area contributed by atoms with E-state index in [0.29, 0.717) is 12.8 Å². The number of rotatable bonds is 45. The van der Waals surface area contributed by atoms with Gasteiger partial charge >= 0.3 is 10.4 Å². The van der Waals surface area contributed by atoms with E-state index in [9.17, 15) is 43.3 Å². The lowest BCUT2D eigenvalue weighted by atomic mass is 9.99. The molecule has 1 saturated heterocycles. The van der Waals surface area contributed by atoms with E-state index >= 15 is 0 Å². The molecule has 1 aliphatic heterocycles. The Labute approximate surface area is 390 Å². The number of hydrogen-bond acceptors (Lipinski definition) is 11. The highest BCUT2D eigenvalue weighted by atomic mass is 32.3. The largest absolute Gasteiger partial charge is 0.397 e. The fraction of sp³-hybridized carbons (Fsp3) is 0.940. The fourth-order valence-electron chi connectivity index (χ4n) is 8.52. The van der Waals surface area contributed by atoms with Gasteiger partial charge < -0.3 is 40.3 Å². The predicted octanol–water partition coefficient (Wildman–Crippen LogP) is 10.1. The second kappa shape index (κ2) is 40.8. The number of allylic oxidation sites excluding steroid dienone is 1. The van der Waals surface area contributed by atoms with Crippen LogP contribution >= 0.6 is 0 Å². The smallest absolute Gasteiger partial charge is 0.394 e. The Kier molecular flexibility index (Phi) is 38.8. The van der Waals surface area contributed by atoms with Crippen LogP contribution in [0.3, 0.4) is 0 Å². The number of carbonyl (C=O) groups excluding carboxylic acids is 1. The minimum absolute atomic E-state index is 0.249. The first-order valence-corrected chi connectivity index (χ1v) is 27.5. The summed E-state index contributed by atoms with van der Waals surface area (Å²) in [6, 6.07) is -1.11. The van der Waals surface area contributed by atoms with Crippen LogP contribution in [-0.2, 0) is 28.9 Å². The van der Waals surface area contributed by atoms with Crippen LogP contribution in [-0.4, -0.2) is 107 Å². The Morgan fingerprint density at radius 3 is 1.41 bits per heavy atom. The number of ether oxygens (including phenoxy) is 2. The molecule has 0 radical (unpaired) electrons. The summed E-state index contributed by atoms with van der Waals surface area (Å²) < 4.78 is 47.6.